The number of aromatic nitrogens is 3. The Morgan fingerprint density at radius 2 is 2.00 bits per heavy atom. The minimum atomic E-state index is -0.552. The third-order valence-electron chi connectivity index (χ3n) is 3.73. The maximum atomic E-state index is 13.6. The lowest BCUT2D eigenvalue weighted by Gasteiger charge is -2.05. The minimum Gasteiger partial charge on any atom is -0.494 e. The van der Waals surface area contributed by atoms with Crippen LogP contribution in [0, 0.1) is 5.82 Å². The van der Waals surface area contributed by atoms with E-state index in [0.29, 0.717) is 17.8 Å². The van der Waals surface area contributed by atoms with E-state index in [2.05, 4.69) is 10.3 Å². The predicted molar refractivity (Wildman–Crippen MR) is 97.3 cm³/mol. The molecule has 7 heteroatoms. The highest BCUT2D eigenvalue weighted by atomic mass is 19.1. The van der Waals surface area contributed by atoms with Gasteiger partial charge in [0.2, 0.25) is 0 Å². The summed E-state index contributed by atoms with van der Waals surface area (Å²) < 4.78 is 25.2. The van der Waals surface area contributed by atoms with Crippen molar-refractivity contribution in [2.45, 2.75) is 13.2 Å². The van der Waals surface area contributed by atoms with Gasteiger partial charge in [0.25, 0.3) is 0 Å². The van der Waals surface area contributed by atoms with Gasteiger partial charge >= 0.3 is 5.97 Å². The molecule has 3 rings (SSSR count). The number of hydrogen-bond acceptors (Lipinski definition) is 5. The van der Waals surface area contributed by atoms with Crippen LogP contribution in [0.3, 0.4) is 0 Å². The van der Waals surface area contributed by atoms with Gasteiger partial charge in [-0.2, -0.15) is 0 Å². The van der Waals surface area contributed by atoms with Gasteiger partial charge in [-0.1, -0.05) is 41.6 Å². The van der Waals surface area contributed by atoms with E-state index in [1.165, 1.54) is 31.4 Å². The van der Waals surface area contributed by atoms with Crippen LogP contribution in [0.2, 0.25) is 0 Å². The van der Waals surface area contributed by atoms with Gasteiger partial charge in [-0.25, -0.2) is 13.9 Å². The first-order valence-electron chi connectivity index (χ1n) is 8.25. The topological polar surface area (TPSA) is 66.2 Å². The average molecular weight is 367 g/mol. The Labute approximate surface area is 155 Å². The highest BCUT2D eigenvalue weighted by Gasteiger charge is 2.06. The van der Waals surface area contributed by atoms with Crippen LogP contribution >= 0.6 is 0 Å². The molecule has 0 aliphatic rings. The second-order valence-corrected chi connectivity index (χ2v) is 5.74. The van der Waals surface area contributed by atoms with Crippen LogP contribution in [0.4, 0.5) is 4.39 Å². The maximum Gasteiger partial charge on any atom is 0.331 e. The molecule has 2 aromatic carbocycles. The first kappa shape index (κ1) is 18.3. The molecule has 0 unspecified atom stereocenters. The number of hydrogen-bond donors (Lipinski definition) is 0. The van der Waals surface area contributed by atoms with Crippen molar-refractivity contribution in [2.24, 2.45) is 0 Å². The summed E-state index contributed by atoms with van der Waals surface area (Å²) >= 11 is 0. The van der Waals surface area contributed by atoms with Gasteiger partial charge in [-0.05, 0) is 29.3 Å². The van der Waals surface area contributed by atoms with Crippen LogP contribution in [0.15, 0.2) is 60.8 Å². The molecule has 0 radical (unpaired) electrons. The first-order valence-corrected chi connectivity index (χ1v) is 8.25. The van der Waals surface area contributed by atoms with E-state index in [-0.39, 0.29) is 12.4 Å². The molecule has 0 fully saturated rings. The van der Waals surface area contributed by atoms with Crippen LogP contribution in [0.1, 0.15) is 16.8 Å². The van der Waals surface area contributed by atoms with Crippen molar-refractivity contribution < 1.29 is 18.7 Å². The molecule has 1 heterocycles. The molecule has 6 nitrogen and oxygen atoms in total. The molecule has 0 amide bonds. The van der Waals surface area contributed by atoms with E-state index < -0.39 is 11.8 Å². The maximum absolute atomic E-state index is 13.6. The van der Waals surface area contributed by atoms with Crippen LogP contribution in [0.5, 0.6) is 5.75 Å². The summed E-state index contributed by atoms with van der Waals surface area (Å²) in [6, 6.07) is 14.2. The second-order valence-electron chi connectivity index (χ2n) is 5.74. The fourth-order valence-corrected chi connectivity index (χ4v) is 2.39. The molecule has 1 aromatic heterocycles. The molecule has 0 bridgehead atoms. The number of carbonyl (C=O) groups is 1. The Bertz CT molecular complexity index is 939. The van der Waals surface area contributed by atoms with E-state index in [9.17, 15) is 9.18 Å². The third-order valence-corrected chi connectivity index (χ3v) is 3.73. The summed E-state index contributed by atoms with van der Waals surface area (Å²) in [4.78, 5) is 11.8. The Balaban J connectivity index is 1.52. The van der Waals surface area contributed by atoms with Gasteiger partial charge in [0.05, 0.1) is 19.9 Å². The van der Waals surface area contributed by atoms with E-state index in [1.54, 1.807) is 16.9 Å². The van der Waals surface area contributed by atoms with Crippen LogP contribution in [-0.4, -0.2) is 28.1 Å². The molecular weight excluding hydrogens is 349 g/mol. The van der Waals surface area contributed by atoms with Crippen molar-refractivity contribution in [3.05, 3.63) is 83.4 Å². The highest BCUT2D eigenvalue weighted by Crippen LogP contribution is 2.18. The Morgan fingerprint density at radius 1 is 1.19 bits per heavy atom. The number of ether oxygens (including phenoxy) is 2. The zero-order valence-electron chi connectivity index (χ0n) is 14.7. The lowest BCUT2D eigenvalue weighted by molar-refractivity contribution is -0.138. The number of nitrogens with zero attached hydrogens (tertiary/aromatic N) is 3. The van der Waals surface area contributed by atoms with Crippen molar-refractivity contribution in [1.29, 1.82) is 0 Å². The predicted octanol–water partition coefficient (Wildman–Crippen LogP) is 3.23. The van der Waals surface area contributed by atoms with Crippen LogP contribution < -0.4 is 4.74 Å². The smallest absolute Gasteiger partial charge is 0.331 e. The van der Waals surface area contributed by atoms with E-state index in [0.717, 1.165) is 5.56 Å². The molecule has 0 saturated heterocycles. The van der Waals surface area contributed by atoms with Crippen molar-refractivity contribution >= 4 is 12.0 Å². The van der Waals surface area contributed by atoms with Gasteiger partial charge in [-0.15, -0.1) is 5.10 Å². The number of esters is 1. The number of carbonyl (C=O) groups excluding carboxylic acids is 1. The first-order chi connectivity index (χ1) is 13.1. The summed E-state index contributed by atoms with van der Waals surface area (Å²) in [5.41, 5.74) is 2.17. The molecule has 3 aromatic rings. The van der Waals surface area contributed by atoms with Crippen molar-refractivity contribution in [3.8, 4) is 5.75 Å². The van der Waals surface area contributed by atoms with Gasteiger partial charge in [0, 0.05) is 6.08 Å². The molecular formula is C20H18FN3O3. The van der Waals surface area contributed by atoms with Crippen molar-refractivity contribution in [2.75, 3.05) is 7.11 Å². The standard InChI is InChI=1S/C20H18FN3O3/c1-26-19-9-7-16(11-18(19)21)14-27-20(25)10-8-17-13-24(23-22-17)12-15-5-3-2-4-6-15/h2-11,13H,12,14H2,1H3/b10-8+. The monoisotopic (exact) mass is 367 g/mol. The van der Waals surface area contributed by atoms with Gasteiger partial charge < -0.3 is 9.47 Å². The van der Waals surface area contributed by atoms with E-state index in [1.807, 2.05) is 30.3 Å². The van der Waals surface area contributed by atoms with Crippen LogP contribution in [0.25, 0.3) is 6.08 Å². The molecule has 0 aliphatic carbocycles. The zero-order valence-corrected chi connectivity index (χ0v) is 14.7. The molecule has 0 saturated carbocycles. The lowest BCUT2D eigenvalue weighted by Crippen LogP contribution is -2.01. The third kappa shape index (κ3) is 5.24. The largest absolute Gasteiger partial charge is 0.494 e. The number of halogens is 1. The summed E-state index contributed by atoms with van der Waals surface area (Å²) in [6.45, 7) is 0.556. The average Bonchev–Trinajstić information content (AvgIpc) is 3.13. The number of rotatable bonds is 7. The summed E-state index contributed by atoms with van der Waals surface area (Å²) in [6.07, 6.45) is 4.51. The van der Waals surface area contributed by atoms with Crippen LogP contribution in [-0.2, 0) is 22.7 Å². The lowest BCUT2D eigenvalue weighted by atomic mass is 10.2. The van der Waals surface area contributed by atoms with Crippen molar-refractivity contribution in [3.63, 3.8) is 0 Å². The summed E-state index contributed by atoms with van der Waals surface area (Å²) in [7, 11) is 1.39. The Morgan fingerprint density at radius 3 is 2.74 bits per heavy atom. The van der Waals surface area contributed by atoms with Gasteiger partial charge in [0.1, 0.15) is 12.3 Å². The molecule has 0 N–H and O–H groups in total. The highest BCUT2D eigenvalue weighted by molar-refractivity contribution is 5.86. The molecule has 0 aliphatic heterocycles. The Kier molecular flexibility index (Phi) is 5.94. The SMILES string of the molecule is COc1ccc(COC(=O)/C=C/c2cn(Cc3ccccc3)nn2)cc1F. The molecule has 27 heavy (non-hydrogen) atoms. The zero-order chi connectivity index (χ0) is 19.1. The normalized spacial score (nSPS) is 10.9. The summed E-state index contributed by atoms with van der Waals surface area (Å²) in [5.74, 6) is -0.913. The number of benzene rings is 2. The van der Waals surface area contributed by atoms with E-state index >= 15 is 0 Å². The summed E-state index contributed by atoms with van der Waals surface area (Å²) in [5, 5.41) is 8.01. The molecule has 0 atom stereocenters. The number of methoxy groups -OCH3 is 1. The van der Waals surface area contributed by atoms with Crippen molar-refractivity contribution in [1.82, 2.24) is 15.0 Å². The minimum absolute atomic E-state index is 0.0369. The Hall–Kier alpha value is -3.48. The fourth-order valence-electron chi connectivity index (χ4n) is 2.39. The van der Waals surface area contributed by atoms with E-state index in [4.69, 9.17) is 9.47 Å². The van der Waals surface area contributed by atoms with Gasteiger partial charge in [0.15, 0.2) is 11.6 Å². The molecule has 0 spiro atoms. The molecule has 138 valence electrons. The van der Waals surface area contributed by atoms with Gasteiger partial charge in [-0.3, -0.25) is 0 Å². The quantitative estimate of drug-likeness (QED) is 0.474. The fraction of sp³-hybridized carbons (Fsp3) is 0.150. The second kappa shape index (κ2) is 8.75.